The normalized spacial score (nSPS) is 17.8. The topological polar surface area (TPSA) is 121 Å². The Labute approximate surface area is 251 Å². The average molecular weight is 592 g/mol. The van der Waals surface area contributed by atoms with Crippen LogP contribution in [0, 0.1) is 5.92 Å². The first kappa shape index (κ1) is 31.0. The maximum Gasteiger partial charge on any atom is 0.407 e. The van der Waals surface area contributed by atoms with Gasteiger partial charge in [0.25, 0.3) is 0 Å². The first-order chi connectivity index (χ1) is 20.2. The van der Waals surface area contributed by atoms with Gasteiger partial charge in [0.15, 0.2) is 0 Å². The monoisotopic (exact) mass is 591 g/mol. The minimum atomic E-state index is -0.755. The van der Waals surface area contributed by atoms with Crippen LogP contribution in [0.3, 0.4) is 0 Å². The van der Waals surface area contributed by atoms with E-state index in [1.165, 1.54) is 0 Å². The van der Waals surface area contributed by atoms with Crippen molar-refractivity contribution in [3.05, 3.63) is 87.9 Å². The molecule has 42 heavy (non-hydrogen) atoms. The number of amides is 4. The van der Waals surface area contributed by atoms with E-state index in [1.807, 2.05) is 79.9 Å². The number of thiazole rings is 1. The molecule has 2 heterocycles. The molecule has 4 N–H and O–H groups in total. The van der Waals surface area contributed by atoms with Gasteiger partial charge in [-0.15, -0.1) is 11.3 Å². The molecule has 2 aromatic carbocycles. The molecular weight excluding hydrogens is 550 g/mol. The fourth-order valence-corrected chi connectivity index (χ4v) is 5.83. The molecule has 4 atom stereocenters. The number of nitrogens with zero attached hydrogens (tertiary/aromatic N) is 1. The SMILES string of the molecule is CC(C)c1nc(CNC(=O)N[C@H](C(=O)N[C@@H](Cc2ccccc2)C[C@@H]2OC(=O)N[C@H]2Cc2ccccc2)C(C)C)cs1. The number of carbonyl (C=O) groups is 3. The van der Waals surface area contributed by atoms with Crippen LogP contribution in [-0.2, 0) is 28.9 Å². The van der Waals surface area contributed by atoms with Gasteiger partial charge in [-0.25, -0.2) is 14.6 Å². The second kappa shape index (κ2) is 14.8. The molecular formula is C32H41N5O4S. The van der Waals surface area contributed by atoms with Crippen molar-refractivity contribution in [1.29, 1.82) is 0 Å². The van der Waals surface area contributed by atoms with Gasteiger partial charge in [-0.2, -0.15) is 0 Å². The Hall–Kier alpha value is -3.92. The van der Waals surface area contributed by atoms with E-state index in [-0.39, 0.29) is 30.5 Å². The molecule has 0 spiro atoms. The van der Waals surface area contributed by atoms with Crippen LogP contribution in [-0.4, -0.2) is 47.2 Å². The Balaban J connectivity index is 1.42. The van der Waals surface area contributed by atoms with Crippen molar-refractivity contribution in [3.63, 3.8) is 0 Å². The third-order valence-corrected chi connectivity index (χ3v) is 8.42. The number of aromatic nitrogens is 1. The summed E-state index contributed by atoms with van der Waals surface area (Å²) in [6, 6.07) is 18.1. The van der Waals surface area contributed by atoms with Gasteiger partial charge in [0.05, 0.1) is 23.3 Å². The summed E-state index contributed by atoms with van der Waals surface area (Å²) in [5.41, 5.74) is 2.93. The Morgan fingerprint density at radius 1 is 0.976 bits per heavy atom. The summed E-state index contributed by atoms with van der Waals surface area (Å²) in [5, 5.41) is 14.7. The average Bonchev–Trinajstić information content (AvgIpc) is 3.57. The van der Waals surface area contributed by atoms with Crippen LogP contribution in [0.25, 0.3) is 0 Å². The fourth-order valence-electron chi connectivity index (χ4n) is 4.99. The van der Waals surface area contributed by atoms with Crippen LogP contribution in [0.2, 0.25) is 0 Å². The zero-order valence-electron chi connectivity index (χ0n) is 24.6. The summed E-state index contributed by atoms with van der Waals surface area (Å²) in [6.07, 6.45) is 0.726. The molecule has 1 saturated heterocycles. The van der Waals surface area contributed by atoms with Gasteiger partial charge in [-0.3, -0.25) is 4.79 Å². The highest BCUT2D eigenvalue weighted by atomic mass is 32.1. The fraction of sp³-hybridized carbons (Fsp3) is 0.438. The van der Waals surface area contributed by atoms with Crippen LogP contribution in [0.1, 0.15) is 61.9 Å². The van der Waals surface area contributed by atoms with E-state index >= 15 is 0 Å². The summed E-state index contributed by atoms with van der Waals surface area (Å²) in [6.45, 7) is 8.23. The summed E-state index contributed by atoms with van der Waals surface area (Å²) < 4.78 is 5.67. The van der Waals surface area contributed by atoms with Crippen molar-refractivity contribution < 1.29 is 19.1 Å². The van der Waals surface area contributed by atoms with E-state index in [1.54, 1.807) is 11.3 Å². The minimum Gasteiger partial charge on any atom is -0.444 e. The van der Waals surface area contributed by atoms with E-state index in [0.717, 1.165) is 21.8 Å². The first-order valence-corrected chi connectivity index (χ1v) is 15.4. The van der Waals surface area contributed by atoms with Crippen LogP contribution in [0.4, 0.5) is 9.59 Å². The Morgan fingerprint density at radius 2 is 1.64 bits per heavy atom. The number of ether oxygens (including phenoxy) is 1. The highest BCUT2D eigenvalue weighted by Gasteiger charge is 2.37. The maximum atomic E-state index is 13.6. The third kappa shape index (κ3) is 9.04. The number of hydrogen-bond acceptors (Lipinski definition) is 6. The lowest BCUT2D eigenvalue weighted by molar-refractivity contribution is -0.124. The molecule has 9 nitrogen and oxygen atoms in total. The van der Waals surface area contributed by atoms with Gasteiger partial charge < -0.3 is 26.0 Å². The smallest absolute Gasteiger partial charge is 0.407 e. The van der Waals surface area contributed by atoms with Gasteiger partial charge in [0.2, 0.25) is 5.91 Å². The molecule has 0 saturated carbocycles. The largest absolute Gasteiger partial charge is 0.444 e. The number of carbonyl (C=O) groups excluding carboxylic acids is 3. The van der Waals surface area contributed by atoms with Crippen molar-refractivity contribution in [2.75, 3.05) is 0 Å². The quantitative estimate of drug-likeness (QED) is 0.225. The van der Waals surface area contributed by atoms with Crippen LogP contribution in [0.5, 0.6) is 0 Å². The van der Waals surface area contributed by atoms with Gasteiger partial charge >= 0.3 is 12.1 Å². The lowest BCUT2D eigenvalue weighted by Gasteiger charge is -2.28. The summed E-state index contributed by atoms with van der Waals surface area (Å²) in [5.74, 6) is -0.113. The molecule has 224 valence electrons. The number of urea groups is 1. The predicted molar refractivity (Wildman–Crippen MR) is 164 cm³/mol. The molecule has 0 aliphatic carbocycles. The predicted octanol–water partition coefficient (Wildman–Crippen LogP) is 4.93. The number of nitrogens with one attached hydrogen (secondary N) is 4. The van der Waals surface area contributed by atoms with Crippen LogP contribution < -0.4 is 21.3 Å². The number of cyclic esters (lactones) is 1. The number of rotatable bonds is 13. The first-order valence-electron chi connectivity index (χ1n) is 14.5. The molecule has 0 bridgehead atoms. The molecule has 0 unspecified atom stereocenters. The van der Waals surface area contributed by atoms with Crippen LogP contribution in [0.15, 0.2) is 66.0 Å². The summed E-state index contributed by atoms with van der Waals surface area (Å²) >= 11 is 1.57. The zero-order valence-corrected chi connectivity index (χ0v) is 25.4. The number of hydrogen-bond donors (Lipinski definition) is 4. The van der Waals surface area contributed by atoms with E-state index < -0.39 is 24.3 Å². The standard InChI is InChI=1S/C32H41N5O4S/c1-20(2)28(37-31(39)33-18-25-19-42-30(35-25)21(3)4)29(38)34-24(15-22-11-7-5-8-12-22)17-27-26(36-32(40)41-27)16-23-13-9-6-10-14-23/h5-14,19-21,24,26-28H,15-18H2,1-4H3,(H,34,38)(H,36,40)(H2,33,37,39)/t24-,26-,27-,28-/m0/s1. The molecule has 4 amide bonds. The van der Waals surface area contributed by atoms with E-state index in [4.69, 9.17) is 4.74 Å². The van der Waals surface area contributed by atoms with Gasteiger partial charge in [0, 0.05) is 23.8 Å². The zero-order chi connectivity index (χ0) is 30.1. The second-order valence-corrected chi connectivity index (χ2v) is 12.3. The molecule has 1 aliphatic heterocycles. The van der Waals surface area contributed by atoms with Crippen molar-refractivity contribution in [2.24, 2.45) is 5.92 Å². The molecule has 0 radical (unpaired) electrons. The lowest BCUT2D eigenvalue weighted by atomic mass is 9.93. The third-order valence-electron chi connectivity index (χ3n) is 7.23. The molecule has 1 aromatic heterocycles. The van der Waals surface area contributed by atoms with E-state index in [2.05, 4.69) is 40.1 Å². The van der Waals surface area contributed by atoms with Gasteiger partial charge in [-0.1, -0.05) is 88.4 Å². The Kier molecular flexibility index (Phi) is 10.9. The van der Waals surface area contributed by atoms with E-state index in [9.17, 15) is 14.4 Å². The maximum absolute atomic E-state index is 13.6. The highest BCUT2D eigenvalue weighted by molar-refractivity contribution is 7.09. The highest BCUT2D eigenvalue weighted by Crippen LogP contribution is 2.21. The van der Waals surface area contributed by atoms with Gasteiger partial charge in [-0.05, 0) is 29.9 Å². The molecule has 1 aliphatic rings. The Morgan fingerprint density at radius 3 is 2.26 bits per heavy atom. The molecule has 1 fully saturated rings. The summed E-state index contributed by atoms with van der Waals surface area (Å²) in [7, 11) is 0. The van der Waals surface area contributed by atoms with Gasteiger partial charge in [0.1, 0.15) is 12.1 Å². The Bertz CT molecular complexity index is 1310. The number of alkyl carbamates (subject to hydrolysis) is 1. The lowest BCUT2D eigenvalue weighted by Crippen LogP contribution is -2.55. The van der Waals surface area contributed by atoms with Crippen molar-refractivity contribution >= 4 is 29.4 Å². The molecule has 4 rings (SSSR count). The van der Waals surface area contributed by atoms with Crippen molar-refractivity contribution in [3.8, 4) is 0 Å². The van der Waals surface area contributed by atoms with E-state index in [0.29, 0.717) is 25.2 Å². The van der Waals surface area contributed by atoms with Crippen molar-refractivity contribution in [1.82, 2.24) is 26.3 Å². The van der Waals surface area contributed by atoms with Crippen LogP contribution >= 0.6 is 11.3 Å². The molecule has 10 heteroatoms. The second-order valence-electron chi connectivity index (χ2n) is 11.4. The van der Waals surface area contributed by atoms with Crippen molar-refractivity contribution in [2.45, 2.75) is 83.6 Å². The molecule has 3 aromatic rings. The number of benzene rings is 2. The summed E-state index contributed by atoms with van der Waals surface area (Å²) in [4.78, 5) is 43.2. The minimum absolute atomic E-state index is 0.156.